The van der Waals surface area contributed by atoms with Crippen LogP contribution in [0.1, 0.15) is 17.2 Å². The lowest BCUT2D eigenvalue weighted by Gasteiger charge is -2.27. The van der Waals surface area contributed by atoms with Crippen LogP contribution in [-0.2, 0) is 4.79 Å². The molecule has 1 unspecified atom stereocenters. The van der Waals surface area contributed by atoms with E-state index in [-0.39, 0.29) is 5.91 Å². The second-order valence-corrected chi connectivity index (χ2v) is 7.48. The average Bonchev–Trinajstić information content (AvgIpc) is 3.28. The molecule has 3 aromatic rings. The molecule has 146 valence electrons. The van der Waals surface area contributed by atoms with Gasteiger partial charge in [0.25, 0.3) is 5.91 Å². The number of hydrogen-bond donors (Lipinski definition) is 1. The highest BCUT2D eigenvalue weighted by Crippen LogP contribution is 2.34. The molecule has 1 aliphatic heterocycles. The van der Waals surface area contributed by atoms with Gasteiger partial charge in [-0.1, -0.05) is 66.7 Å². The first-order valence-electron chi connectivity index (χ1n) is 9.40. The molecule has 5 heteroatoms. The molecular weight excluding hydrogens is 380 g/mol. The summed E-state index contributed by atoms with van der Waals surface area (Å²) in [4.78, 5) is 15.5. The van der Waals surface area contributed by atoms with Gasteiger partial charge in [0.05, 0.1) is 18.7 Å². The third kappa shape index (κ3) is 4.30. The summed E-state index contributed by atoms with van der Waals surface area (Å²) in [6, 6.07) is 27.0. The van der Waals surface area contributed by atoms with Crippen LogP contribution in [-0.4, -0.2) is 23.8 Å². The Balaban J connectivity index is 1.66. The largest absolute Gasteiger partial charge is 0.497 e. The number of rotatable bonds is 6. The zero-order valence-corrected chi connectivity index (χ0v) is 16.9. The predicted molar refractivity (Wildman–Crippen MR) is 120 cm³/mol. The lowest BCUT2D eigenvalue weighted by atomic mass is 10.0. The van der Waals surface area contributed by atoms with E-state index in [1.807, 2.05) is 89.8 Å². The van der Waals surface area contributed by atoms with Crippen LogP contribution < -0.4 is 10.1 Å². The molecule has 0 aromatic heterocycles. The highest BCUT2D eigenvalue weighted by molar-refractivity contribution is 8.02. The van der Waals surface area contributed by atoms with Crippen LogP contribution in [0.2, 0.25) is 0 Å². The number of anilines is 1. The van der Waals surface area contributed by atoms with E-state index >= 15 is 0 Å². The summed E-state index contributed by atoms with van der Waals surface area (Å²) in [5, 5.41) is 5.47. The molecule has 3 aromatic carbocycles. The summed E-state index contributed by atoms with van der Waals surface area (Å²) >= 11 is 1.63. The fourth-order valence-corrected chi connectivity index (χ4v) is 4.22. The van der Waals surface area contributed by atoms with E-state index in [0.29, 0.717) is 5.88 Å². The Morgan fingerprint density at radius 1 is 1.00 bits per heavy atom. The lowest BCUT2D eigenvalue weighted by molar-refractivity contribution is -0.128. The highest BCUT2D eigenvalue weighted by Gasteiger charge is 2.31. The van der Waals surface area contributed by atoms with Gasteiger partial charge in [-0.15, -0.1) is 11.8 Å². The van der Waals surface area contributed by atoms with Gasteiger partial charge < -0.3 is 10.1 Å². The molecule has 0 aliphatic carbocycles. The third-order valence-electron chi connectivity index (χ3n) is 4.79. The molecule has 1 aliphatic rings. The number of nitrogens with one attached hydrogen (secondary N) is 1. The maximum Gasteiger partial charge on any atom is 0.254 e. The van der Waals surface area contributed by atoms with Crippen LogP contribution >= 0.6 is 11.8 Å². The van der Waals surface area contributed by atoms with Crippen molar-refractivity contribution in [2.75, 3.05) is 18.3 Å². The number of carbonyl (C=O) groups excluding carboxylic acids is 1. The number of carbonyl (C=O) groups is 1. The van der Waals surface area contributed by atoms with Gasteiger partial charge >= 0.3 is 0 Å². The minimum absolute atomic E-state index is 0.0131. The van der Waals surface area contributed by atoms with E-state index in [1.54, 1.807) is 18.9 Å². The molecule has 1 N–H and O–H groups in total. The first-order valence-corrected chi connectivity index (χ1v) is 10.5. The van der Waals surface area contributed by atoms with Crippen LogP contribution in [0.15, 0.2) is 90.3 Å². The monoisotopic (exact) mass is 402 g/mol. The zero-order chi connectivity index (χ0) is 20.1. The number of benzene rings is 3. The molecule has 0 radical (unpaired) electrons. The minimum atomic E-state index is -0.505. The van der Waals surface area contributed by atoms with Crippen LogP contribution in [0.25, 0.3) is 5.70 Å². The molecule has 0 fully saturated rings. The van der Waals surface area contributed by atoms with Gasteiger partial charge in [0.1, 0.15) is 11.8 Å². The number of amides is 1. The van der Waals surface area contributed by atoms with Crippen molar-refractivity contribution in [3.8, 4) is 5.75 Å². The van der Waals surface area contributed by atoms with Gasteiger partial charge in [-0.2, -0.15) is 0 Å². The van der Waals surface area contributed by atoms with E-state index in [1.165, 1.54) is 0 Å². The van der Waals surface area contributed by atoms with Crippen molar-refractivity contribution in [1.82, 2.24) is 4.90 Å². The van der Waals surface area contributed by atoms with E-state index in [9.17, 15) is 4.79 Å². The van der Waals surface area contributed by atoms with E-state index in [2.05, 4.69) is 10.7 Å². The van der Waals surface area contributed by atoms with Gasteiger partial charge in [-0.25, -0.2) is 0 Å². The number of thioether (sulfide) groups is 1. The Labute approximate surface area is 175 Å². The minimum Gasteiger partial charge on any atom is -0.497 e. The van der Waals surface area contributed by atoms with Crippen molar-refractivity contribution in [2.45, 2.75) is 6.04 Å². The van der Waals surface area contributed by atoms with Crippen LogP contribution in [0, 0.1) is 0 Å². The Morgan fingerprint density at radius 2 is 1.72 bits per heavy atom. The van der Waals surface area contributed by atoms with Crippen LogP contribution in [0.4, 0.5) is 5.69 Å². The fourth-order valence-electron chi connectivity index (χ4n) is 3.31. The highest BCUT2D eigenvalue weighted by atomic mass is 32.2. The van der Waals surface area contributed by atoms with Crippen molar-refractivity contribution in [2.24, 2.45) is 0 Å². The van der Waals surface area contributed by atoms with E-state index in [4.69, 9.17) is 4.74 Å². The maximum atomic E-state index is 13.7. The topological polar surface area (TPSA) is 41.6 Å². The van der Waals surface area contributed by atoms with Gasteiger partial charge in [0.15, 0.2) is 0 Å². The van der Waals surface area contributed by atoms with E-state index < -0.39 is 6.04 Å². The van der Waals surface area contributed by atoms with Crippen molar-refractivity contribution in [3.63, 3.8) is 0 Å². The molecule has 4 nitrogen and oxygen atoms in total. The summed E-state index contributed by atoms with van der Waals surface area (Å²) in [6.07, 6.45) is 0. The Bertz CT molecular complexity index is 1010. The maximum absolute atomic E-state index is 13.7. The van der Waals surface area contributed by atoms with Crippen molar-refractivity contribution >= 4 is 29.1 Å². The number of ether oxygens (including phenoxy) is 1. The third-order valence-corrected chi connectivity index (χ3v) is 5.58. The molecule has 0 spiro atoms. The average molecular weight is 403 g/mol. The molecule has 0 bridgehead atoms. The van der Waals surface area contributed by atoms with Crippen LogP contribution in [0.3, 0.4) is 0 Å². The molecule has 1 heterocycles. The smallest absolute Gasteiger partial charge is 0.254 e. The van der Waals surface area contributed by atoms with Crippen molar-refractivity contribution in [1.29, 1.82) is 0 Å². The van der Waals surface area contributed by atoms with Crippen molar-refractivity contribution in [3.05, 3.63) is 101 Å². The molecule has 1 amide bonds. The second-order valence-electron chi connectivity index (χ2n) is 6.65. The summed E-state index contributed by atoms with van der Waals surface area (Å²) in [6.45, 7) is 0. The molecule has 1 atom stereocenters. The first kappa shape index (κ1) is 19.2. The van der Waals surface area contributed by atoms with Gasteiger partial charge in [0.2, 0.25) is 0 Å². The quantitative estimate of drug-likeness (QED) is 0.601. The van der Waals surface area contributed by atoms with Crippen molar-refractivity contribution < 1.29 is 9.53 Å². The summed E-state index contributed by atoms with van der Waals surface area (Å²) in [5.74, 6) is 1.36. The number of nitrogens with zero attached hydrogens (tertiary/aromatic N) is 1. The lowest BCUT2D eigenvalue weighted by Crippen LogP contribution is -2.35. The number of methoxy groups -OCH3 is 1. The standard InChI is InChI=1S/C24H22N2O2S/c1-28-21-14-8-13-20(15-21)25-23(19-11-6-3-7-12-19)24(27)26-17-29-16-22(26)18-9-4-2-5-10-18/h2-16,23,25H,17H2,1H3. The SMILES string of the molecule is COc1cccc(NC(C(=O)N2CSC=C2c2ccccc2)c2ccccc2)c1. The van der Waals surface area contributed by atoms with Crippen LogP contribution in [0.5, 0.6) is 5.75 Å². The fraction of sp³-hybridized carbons (Fsp3) is 0.125. The van der Waals surface area contributed by atoms with Gasteiger partial charge in [0, 0.05) is 11.8 Å². The molecule has 0 saturated carbocycles. The number of hydrogen-bond acceptors (Lipinski definition) is 4. The van der Waals surface area contributed by atoms with Gasteiger partial charge in [-0.3, -0.25) is 9.69 Å². The Morgan fingerprint density at radius 3 is 2.45 bits per heavy atom. The first-order chi connectivity index (χ1) is 14.3. The Hall–Kier alpha value is -3.18. The molecule has 0 saturated heterocycles. The summed E-state index contributed by atoms with van der Waals surface area (Å²) in [5.41, 5.74) is 3.74. The zero-order valence-electron chi connectivity index (χ0n) is 16.1. The van der Waals surface area contributed by atoms with Gasteiger partial charge in [-0.05, 0) is 28.7 Å². The molecule has 4 rings (SSSR count). The summed E-state index contributed by atoms with van der Waals surface area (Å²) in [7, 11) is 1.64. The molecule has 29 heavy (non-hydrogen) atoms. The molecular formula is C24H22N2O2S. The predicted octanol–water partition coefficient (Wildman–Crippen LogP) is 5.38. The Kier molecular flexibility index (Phi) is 5.86. The normalized spacial score (nSPS) is 14.2. The van der Waals surface area contributed by atoms with E-state index in [0.717, 1.165) is 28.3 Å². The second kappa shape index (κ2) is 8.88. The summed E-state index contributed by atoms with van der Waals surface area (Å²) < 4.78 is 5.33.